The normalized spacial score (nSPS) is 9.82. The van der Waals surface area contributed by atoms with Crippen LogP contribution in [0.15, 0.2) is 30.4 Å². The molecule has 0 heterocycles. The lowest BCUT2D eigenvalue weighted by atomic mass is 10.2. The third-order valence-corrected chi connectivity index (χ3v) is 2.35. The minimum atomic E-state index is -0.448. The van der Waals surface area contributed by atoms with Crippen molar-refractivity contribution in [3.05, 3.63) is 40.9 Å². The first-order valence-corrected chi connectivity index (χ1v) is 5.66. The maximum Gasteiger partial charge on any atom is 0.336 e. The van der Waals surface area contributed by atoms with Gasteiger partial charge >= 0.3 is 5.97 Å². The fourth-order valence-corrected chi connectivity index (χ4v) is 1.47. The summed E-state index contributed by atoms with van der Waals surface area (Å²) in [5.74, 6) is 0.0819. The molecule has 0 atom stereocenters. The molecule has 0 spiro atoms. The van der Waals surface area contributed by atoms with Gasteiger partial charge in [-0.1, -0.05) is 24.2 Å². The van der Waals surface area contributed by atoms with Crippen molar-refractivity contribution < 1.29 is 14.3 Å². The molecule has 0 aliphatic carbocycles. The zero-order valence-corrected chi connectivity index (χ0v) is 10.7. The largest absolute Gasteiger partial charge is 0.487 e. The van der Waals surface area contributed by atoms with Gasteiger partial charge in [0.25, 0.3) is 0 Å². The standard InChI is InChI=1S/C13H15ClO3/c1-4-16-13(15)10(3)8-17-12-6-5-9(2)7-11(12)14/h5-7H,3-4,8H2,1-2H3. The summed E-state index contributed by atoms with van der Waals surface area (Å²) in [6.07, 6.45) is 0. The Hall–Kier alpha value is -1.48. The second kappa shape index (κ2) is 6.30. The average Bonchev–Trinajstić information content (AvgIpc) is 2.27. The molecule has 4 heteroatoms. The number of ether oxygens (including phenoxy) is 2. The minimum Gasteiger partial charge on any atom is -0.487 e. The molecular weight excluding hydrogens is 240 g/mol. The lowest BCUT2D eigenvalue weighted by molar-refractivity contribution is -0.138. The Balaban J connectivity index is 2.56. The molecule has 3 nitrogen and oxygen atoms in total. The van der Waals surface area contributed by atoms with Gasteiger partial charge in [0.2, 0.25) is 0 Å². The van der Waals surface area contributed by atoms with Gasteiger partial charge in [-0.15, -0.1) is 0 Å². The SMILES string of the molecule is C=C(COc1ccc(C)cc1Cl)C(=O)OCC. The highest BCUT2D eigenvalue weighted by molar-refractivity contribution is 6.32. The fourth-order valence-electron chi connectivity index (χ4n) is 1.18. The molecule has 0 aliphatic rings. The summed E-state index contributed by atoms with van der Waals surface area (Å²) in [5, 5.41) is 0.515. The summed E-state index contributed by atoms with van der Waals surface area (Å²) in [4.78, 5) is 11.3. The number of carbonyl (C=O) groups is 1. The van der Waals surface area contributed by atoms with Gasteiger partial charge in [-0.3, -0.25) is 0 Å². The molecule has 0 N–H and O–H groups in total. The van der Waals surface area contributed by atoms with E-state index in [-0.39, 0.29) is 12.2 Å². The molecule has 0 amide bonds. The highest BCUT2D eigenvalue weighted by Crippen LogP contribution is 2.25. The van der Waals surface area contributed by atoms with Crippen LogP contribution in [0.1, 0.15) is 12.5 Å². The maximum atomic E-state index is 11.3. The lowest BCUT2D eigenvalue weighted by Gasteiger charge is -2.09. The molecule has 1 rings (SSSR count). The zero-order chi connectivity index (χ0) is 12.8. The van der Waals surface area contributed by atoms with E-state index in [1.54, 1.807) is 19.1 Å². The van der Waals surface area contributed by atoms with Crippen LogP contribution in [-0.2, 0) is 9.53 Å². The van der Waals surface area contributed by atoms with Gasteiger partial charge < -0.3 is 9.47 Å². The average molecular weight is 255 g/mol. The van der Waals surface area contributed by atoms with Gasteiger partial charge in [0, 0.05) is 0 Å². The van der Waals surface area contributed by atoms with E-state index in [0.29, 0.717) is 17.4 Å². The highest BCUT2D eigenvalue weighted by atomic mass is 35.5. The van der Waals surface area contributed by atoms with E-state index in [4.69, 9.17) is 21.1 Å². The van der Waals surface area contributed by atoms with Gasteiger partial charge in [0.15, 0.2) is 0 Å². The zero-order valence-electron chi connectivity index (χ0n) is 9.96. The third kappa shape index (κ3) is 4.11. The molecule has 0 saturated carbocycles. The Labute approximate surface area is 106 Å². The topological polar surface area (TPSA) is 35.5 Å². The number of aryl methyl sites for hydroxylation is 1. The molecule has 17 heavy (non-hydrogen) atoms. The molecule has 0 radical (unpaired) electrons. The second-order valence-electron chi connectivity index (χ2n) is 3.55. The quantitative estimate of drug-likeness (QED) is 0.598. The summed E-state index contributed by atoms with van der Waals surface area (Å²) in [6.45, 7) is 7.66. The van der Waals surface area contributed by atoms with Crippen molar-refractivity contribution in [2.45, 2.75) is 13.8 Å². The van der Waals surface area contributed by atoms with Crippen molar-refractivity contribution in [1.29, 1.82) is 0 Å². The number of rotatable bonds is 5. The summed E-state index contributed by atoms with van der Waals surface area (Å²) in [7, 11) is 0. The van der Waals surface area contributed by atoms with Crippen molar-refractivity contribution in [3.63, 3.8) is 0 Å². The molecule has 1 aromatic rings. The van der Waals surface area contributed by atoms with Crippen LogP contribution in [0, 0.1) is 6.92 Å². The van der Waals surface area contributed by atoms with Crippen molar-refractivity contribution in [2.75, 3.05) is 13.2 Å². The Morgan fingerprint density at radius 2 is 2.18 bits per heavy atom. The molecule has 0 saturated heterocycles. The lowest BCUT2D eigenvalue weighted by Crippen LogP contribution is -2.13. The summed E-state index contributed by atoms with van der Waals surface area (Å²) >= 11 is 5.98. The van der Waals surface area contributed by atoms with Crippen LogP contribution in [-0.4, -0.2) is 19.2 Å². The van der Waals surface area contributed by atoms with E-state index in [2.05, 4.69) is 6.58 Å². The molecule has 0 unspecified atom stereocenters. The van der Waals surface area contributed by atoms with E-state index in [1.807, 2.05) is 13.0 Å². The van der Waals surface area contributed by atoms with Crippen molar-refractivity contribution in [1.82, 2.24) is 0 Å². The van der Waals surface area contributed by atoms with Crippen LogP contribution < -0.4 is 4.74 Å². The number of benzene rings is 1. The van der Waals surface area contributed by atoms with E-state index in [0.717, 1.165) is 5.56 Å². The monoisotopic (exact) mass is 254 g/mol. The van der Waals surface area contributed by atoms with Crippen molar-refractivity contribution in [2.24, 2.45) is 0 Å². The number of hydrogen-bond acceptors (Lipinski definition) is 3. The Bertz CT molecular complexity index is 427. The molecule has 0 aliphatic heterocycles. The molecule has 0 bridgehead atoms. The first-order valence-electron chi connectivity index (χ1n) is 5.28. The highest BCUT2D eigenvalue weighted by Gasteiger charge is 2.09. The van der Waals surface area contributed by atoms with E-state index in [1.165, 1.54) is 0 Å². The van der Waals surface area contributed by atoms with Crippen LogP contribution in [0.4, 0.5) is 0 Å². The molecule has 92 valence electrons. The van der Waals surface area contributed by atoms with Crippen LogP contribution in [0.5, 0.6) is 5.75 Å². The van der Waals surface area contributed by atoms with Crippen LogP contribution in [0.2, 0.25) is 5.02 Å². The Morgan fingerprint density at radius 1 is 1.47 bits per heavy atom. The number of hydrogen-bond donors (Lipinski definition) is 0. The second-order valence-corrected chi connectivity index (χ2v) is 3.95. The van der Waals surface area contributed by atoms with Crippen LogP contribution in [0.3, 0.4) is 0 Å². The summed E-state index contributed by atoms with van der Waals surface area (Å²) < 4.78 is 10.2. The van der Waals surface area contributed by atoms with Gasteiger partial charge in [0.1, 0.15) is 12.4 Å². The maximum absolute atomic E-state index is 11.3. The van der Waals surface area contributed by atoms with Crippen molar-refractivity contribution in [3.8, 4) is 5.75 Å². The molecular formula is C13H15ClO3. The van der Waals surface area contributed by atoms with Crippen molar-refractivity contribution >= 4 is 17.6 Å². The van der Waals surface area contributed by atoms with Gasteiger partial charge in [-0.25, -0.2) is 4.79 Å². The van der Waals surface area contributed by atoms with E-state index < -0.39 is 5.97 Å². The van der Waals surface area contributed by atoms with Crippen LogP contribution in [0.25, 0.3) is 0 Å². The summed E-state index contributed by atoms with van der Waals surface area (Å²) in [5.41, 5.74) is 1.31. The van der Waals surface area contributed by atoms with E-state index in [9.17, 15) is 4.79 Å². The van der Waals surface area contributed by atoms with Crippen LogP contribution >= 0.6 is 11.6 Å². The smallest absolute Gasteiger partial charge is 0.336 e. The van der Waals surface area contributed by atoms with Gasteiger partial charge in [-0.05, 0) is 31.5 Å². The van der Waals surface area contributed by atoms with Gasteiger partial charge in [0.05, 0.1) is 17.2 Å². The van der Waals surface area contributed by atoms with E-state index >= 15 is 0 Å². The molecule has 1 aromatic carbocycles. The molecule has 0 aromatic heterocycles. The predicted octanol–water partition coefficient (Wildman–Crippen LogP) is 3.15. The predicted molar refractivity (Wildman–Crippen MR) is 67.5 cm³/mol. The Morgan fingerprint density at radius 3 is 2.76 bits per heavy atom. The number of halogens is 1. The number of carbonyl (C=O) groups excluding carboxylic acids is 1. The number of esters is 1. The van der Waals surface area contributed by atoms with Gasteiger partial charge in [-0.2, -0.15) is 0 Å². The third-order valence-electron chi connectivity index (χ3n) is 2.05. The first-order chi connectivity index (χ1) is 8.04. The Kier molecular flexibility index (Phi) is 5.04. The minimum absolute atomic E-state index is 0.0710. The first kappa shape index (κ1) is 13.6. The summed E-state index contributed by atoms with van der Waals surface area (Å²) in [6, 6.07) is 5.44. The fraction of sp³-hybridized carbons (Fsp3) is 0.308. The molecule has 0 fully saturated rings.